The molecule has 3 aromatic rings. The number of hydrogen-bond donors (Lipinski definition) is 4. The van der Waals surface area contributed by atoms with Gasteiger partial charge in [-0.05, 0) is 41.9 Å². The Labute approximate surface area is 156 Å². The maximum Gasteiger partial charge on any atom is 0.489 e. The van der Waals surface area contributed by atoms with Crippen molar-refractivity contribution < 1.29 is 19.6 Å². The van der Waals surface area contributed by atoms with Crippen LogP contribution in [0.5, 0.6) is 0 Å². The molecule has 0 saturated carbocycles. The summed E-state index contributed by atoms with van der Waals surface area (Å²) in [4.78, 5) is 25.1. The average Bonchev–Trinajstić information content (AvgIpc) is 2.69. The van der Waals surface area contributed by atoms with E-state index < -0.39 is 18.9 Å². The highest BCUT2D eigenvalue weighted by Gasteiger charge is 2.22. The number of carbonyl (C=O) groups excluding carboxylic acids is 2. The topological polar surface area (TPSA) is 98.7 Å². The zero-order valence-electron chi connectivity index (χ0n) is 14.3. The molecule has 0 unspecified atom stereocenters. The minimum atomic E-state index is -1.84. The van der Waals surface area contributed by atoms with Gasteiger partial charge in [0, 0.05) is 22.5 Å². The van der Waals surface area contributed by atoms with Crippen molar-refractivity contribution in [1.29, 1.82) is 0 Å². The molecule has 0 bridgehead atoms. The molecule has 3 aromatic carbocycles. The van der Waals surface area contributed by atoms with Gasteiger partial charge in [-0.15, -0.1) is 0 Å². The first kappa shape index (κ1) is 18.4. The minimum absolute atomic E-state index is 0.00886. The van der Waals surface area contributed by atoms with Crippen LogP contribution in [0.2, 0.25) is 0 Å². The van der Waals surface area contributed by atoms with Crippen LogP contribution in [0.25, 0.3) is 0 Å². The molecule has 3 rings (SSSR count). The van der Waals surface area contributed by atoms with Gasteiger partial charge in [-0.3, -0.25) is 9.59 Å². The van der Waals surface area contributed by atoms with E-state index in [4.69, 9.17) is 0 Å². The van der Waals surface area contributed by atoms with Crippen LogP contribution in [0, 0.1) is 0 Å². The second kappa shape index (κ2) is 8.31. The van der Waals surface area contributed by atoms with Crippen molar-refractivity contribution in [1.82, 2.24) is 0 Å². The van der Waals surface area contributed by atoms with E-state index >= 15 is 0 Å². The summed E-state index contributed by atoms with van der Waals surface area (Å²) < 4.78 is 0. The van der Waals surface area contributed by atoms with Gasteiger partial charge < -0.3 is 20.7 Å². The van der Waals surface area contributed by atoms with E-state index in [1.165, 1.54) is 18.2 Å². The summed E-state index contributed by atoms with van der Waals surface area (Å²) in [6.07, 6.45) is 0. The molecule has 0 heterocycles. The van der Waals surface area contributed by atoms with Crippen molar-refractivity contribution in [3.8, 4) is 0 Å². The van der Waals surface area contributed by atoms with Crippen LogP contribution in [0.4, 0.5) is 11.4 Å². The molecular weight excluding hydrogens is 343 g/mol. The third kappa shape index (κ3) is 4.61. The quantitative estimate of drug-likeness (QED) is 0.522. The summed E-state index contributed by atoms with van der Waals surface area (Å²) in [5, 5.41) is 24.5. The van der Waals surface area contributed by atoms with Crippen LogP contribution in [-0.2, 0) is 0 Å². The van der Waals surface area contributed by atoms with Crippen LogP contribution in [0.1, 0.15) is 20.7 Å². The monoisotopic (exact) mass is 360 g/mol. The number of nitrogens with one attached hydrogen (secondary N) is 2. The van der Waals surface area contributed by atoms with Crippen molar-refractivity contribution in [3.05, 3.63) is 90.0 Å². The molecule has 0 radical (unpaired) electrons. The fraction of sp³-hybridized carbons (Fsp3) is 0. The van der Waals surface area contributed by atoms with Gasteiger partial charge in [0.05, 0.1) is 0 Å². The lowest BCUT2D eigenvalue weighted by Gasteiger charge is -2.12. The van der Waals surface area contributed by atoms with Crippen LogP contribution in [0.3, 0.4) is 0 Å². The smallest absolute Gasteiger partial charge is 0.423 e. The van der Waals surface area contributed by atoms with Crippen LogP contribution in [0.15, 0.2) is 78.9 Å². The highest BCUT2D eigenvalue weighted by molar-refractivity contribution is 6.60. The van der Waals surface area contributed by atoms with Crippen molar-refractivity contribution in [2.75, 3.05) is 10.6 Å². The van der Waals surface area contributed by atoms with Crippen LogP contribution >= 0.6 is 0 Å². The number of benzene rings is 3. The number of anilines is 2. The van der Waals surface area contributed by atoms with E-state index in [0.29, 0.717) is 11.4 Å². The fourth-order valence-electron chi connectivity index (χ4n) is 2.56. The average molecular weight is 360 g/mol. The number of hydrogen-bond acceptors (Lipinski definition) is 4. The van der Waals surface area contributed by atoms with Crippen LogP contribution in [-0.4, -0.2) is 29.0 Å². The molecule has 2 amide bonds. The molecule has 6 nitrogen and oxygen atoms in total. The van der Waals surface area contributed by atoms with E-state index in [1.807, 2.05) is 12.1 Å². The lowest BCUT2D eigenvalue weighted by Crippen LogP contribution is -2.36. The largest absolute Gasteiger partial charge is 0.489 e. The Morgan fingerprint density at radius 1 is 0.704 bits per heavy atom. The van der Waals surface area contributed by atoms with E-state index in [-0.39, 0.29) is 16.6 Å². The predicted molar refractivity (Wildman–Crippen MR) is 105 cm³/mol. The van der Waals surface area contributed by atoms with Gasteiger partial charge in [-0.2, -0.15) is 0 Å². The molecule has 134 valence electrons. The summed E-state index contributed by atoms with van der Waals surface area (Å²) in [6.45, 7) is 0. The fourth-order valence-corrected chi connectivity index (χ4v) is 2.56. The van der Waals surface area contributed by atoms with E-state index in [9.17, 15) is 19.6 Å². The van der Waals surface area contributed by atoms with E-state index in [2.05, 4.69) is 10.6 Å². The molecule has 7 heteroatoms. The molecule has 0 aliphatic rings. The van der Waals surface area contributed by atoms with E-state index in [1.54, 1.807) is 48.5 Å². The maximum absolute atomic E-state index is 12.6. The molecule has 0 fully saturated rings. The Kier molecular flexibility index (Phi) is 5.66. The van der Waals surface area contributed by atoms with Crippen molar-refractivity contribution in [3.63, 3.8) is 0 Å². The van der Waals surface area contributed by atoms with Crippen molar-refractivity contribution >= 4 is 35.8 Å². The standard InChI is InChI=1S/C20H17BN2O4/c24-19(22-15-7-3-1-4-8-15)14-11-12-18(21(26)27)17(13-14)20(25)23-16-9-5-2-6-10-16/h1-13,26-27H,(H,22,24)(H,23,25). The second-order valence-electron chi connectivity index (χ2n) is 5.82. The Morgan fingerprint density at radius 2 is 1.22 bits per heavy atom. The summed E-state index contributed by atoms with van der Waals surface area (Å²) >= 11 is 0. The normalized spacial score (nSPS) is 10.1. The molecular formula is C20H17BN2O4. The van der Waals surface area contributed by atoms with Gasteiger partial charge in [0.15, 0.2) is 0 Å². The second-order valence-corrected chi connectivity index (χ2v) is 5.82. The van der Waals surface area contributed by atoms with Gasteiger partial charge in [0.25, 0.3) is 11.8 Å². The molecule has 0 saturated heterocycles. The van der Waals surface area contributed by atoms with Gasteiger partial charge >= 0.3 is 7.12 Å². The zero-order valence-corrected chi connectivity index (χ0v) is 14.3. The predicted octanol–water partition coefficient (Wildman–Crippen LogP) is 1.87. The van der Waals surface area contributed by atoms with Gasteiger partial charge in [-0.1, -0.05) is 42.5 Å². The van der Waals surface area contributed by atoms with Gasteiger partial charge in [0.2, 0.25) is 0 Å². The summed E-state index contributed by atoms with van der Waals surface area (Å²) in [7, 11) is -1.84. The third-order valence-corrected chi connectivity index (χ3v) is 3.90. The van der Waals surface area contributed by atoms with Gasteiger partial charge in [0.1, 0.15) is 0 Å². The third-order valence-electron chi connectivity index (χ3n) is 3.90. The SMILES string of the molecule is O=C(Nc1ccccc1)c1ccc(B(O)O)c(C(=O)Nc2ccccc2)c1. The minimum Gasteiger partial charge on any atom is -0.423 e. The van der Waals surface area contributed by atoms with Crippen molar-refractivity contribution in [2.24, 2.45) is 0 Å². The maximum atomic E-state index is 12.6. The molecule has 0 spiro atoms. The Hall–Kier alpha value is -3.42. The molecule has 0 atom stereocenters. The molecule has 4 N–H and O–H groups in total. The number of rotatable bonds is 5. The first-order valence-corrected chi connectivity index (χ1v) is 8.27. The summed E-state index contributed by atoms with van der Waals surface area (Å²) in [6, 6.07) is 21.8. The highest BCUT2D eigenvalue weighted by Crippen LogP contribution is 2.12. The van der Waals surface area contributed by atoms with Gasteiger partial charge in [-0.25, -0.2) is 0 Å². The summed E-state index contributed by atoms with van der Waals surface area (Å²) in [5.74, 6) is -0.951. The first-order valence-electron chi connectivity index (χ1n) is 8.27. The van der Waals surface area contributed by atoms with Crippen LogP contribution < -0.4 is 16.1 Å². The number of para-hydroxylation sites is 2. The zero-order chi connectivity index (χ0) is 19.2. The molecule has 0 aliphatic carbocycles. The lowest BCUT2D eigenvalue weighted by atomic mass is 9.76. The summed E-state index contributed by atoms with van der Waals surface area (Å²) in [5.41, 5.74) is 1.42. The van der Waals surface area contributed by atoms with Crippen molar-refractivity contribution in [2.45, 2.75) is 0 Å². The lowest BCUT2D eigenvalue weighted by molar-refractivity contribution is 0.102. The Balaban J connectivity index is 1.88. The van der Waals surface area contributed by atoms with E-state index in [0.717, 1.165) is 0 Å². The number of amides is 2. The molecule has 0 aromatic heterocycles. The molecule has 0 aliphatic heterocycles. The number of carbonyl (C=O) groups is 2. The Bertz CT molecular complexity index is 947. The first-order chi connectivity index (χ1) is 13.0. The Morgan fingerprint density at radius 3 is 1.74 bits per heavy atom. The molecule has 27 heavy (non-hydrogen) atoms. The highest BCUT2D eigenvalue weighted by atomic mass is 16.4.